The molecule has 0 aromatic rings. The smallest absolute Gasteiger partial charge is 0.140 e. The molecule has 94 valence electrons. The highest BCUT2D eigenvalue weighted by molar-refractivity contribution is 5.80. The highest BCUT2D eigenvalue weighted by Gasteiger charge is 2.30. The van der Waals surface area contributed by atoms with E-state index in [9.17, 15) is 0 Å². The molecule has 4 N–H and O–H groups in total. The summed E-state index contributed by atoms with van der Waals surface area (Å²) in [5, 5.41) is 15.2. The van der Waals surface area contributed by atoms with E-state index in [1.54, 1.807) is 0 Å². The number of nitrogens with zero attached hydrogens (tertiary/aromatic N) is 1. The maximum Gasteiger partial charge on any atom is 0.140 e. The molecule has 0 saturated heterocycles. The third-order valence-electron chi connectivity index (χ3n) is 3.99. The molecular formula is C12H25N3O. The maximum atomic E-state index is 8.57. The van der Waals surface area contributed by atoms with Crippen LogP contribution in [-0.4, -0.2) is 23.1 Å². The molecule has 0 amide bonds. The average Bonchev–Trinajstić information content (AvgIpc) is 2.59. The number of oxime groups is 1. The molecule has 1 saturated carbocycles. The van der Waals surface area contributed by atoms with Crippen LogP contribution in [0.15, 0.2) is 5.16 Å². The zero-order chi connectivity index (χ0) is 12.1. The maximum absolute atomic E-state index is 8.57. The Morgan fingerprint density at radius 2 is 2.19 bits per heavy atom. The van der Waals surface area contributed by atoms with E-state index in [4.69, 9.17) is 10.9 Å². The van der Waals surface area contributed by atoms with Crippen LogP contribution in [0.1, 0.15) is 46.5 Å². The number of nitrogens with one attached hydrogen (secondary N) is 1. The fourth-order valence-corrected chi connectivity index (χ4v) is 2.52. The molecule has 0 radical (unpaired) electrons. The van der Waals surface area contributed by atoms with Crippen LogP contribution in [0.4, 0.5) is 0 Å². The van der Waals surface area contributed by atoms with Crippen LogP contribution >= 0.6 is 0 Å². The van der Waals surface area contributed by atoms with Gasteiger partial charge in [0.05, 0.1) is 0 Å². The van der Waals surface area contributed by atoms with Crippen LogP contribution in [0.5, 0.6) is 0 Å². The predicted molar refractivity (Wildman–Crippen MR) is 66.6 cm³/mol. The fraction of sp³-hybridized carbons (Fsp3) is 0.917. The van der Waals surface area contributed by atoms with Crippen LogP contribution in [0.3, 0.4) is 0 Å². The number of hydrogen-bond acceptors (Lipinski definition) is 3. The largest absolute Gasteiger partial charge is 0.409 e. The molecule has 0 bridgehead atoms. The minimum absolute atomic E-state index is 0.318. The topological polar surface area (TPSA) is 70.6 Å². The highest BCUT2D eigenvalue weighted by atomic mass is 16.4. The normalized spacial score (nSPS) is 32.9. The Hall–Kier alpha value is -0.770. The van der Waals surface area contributed by atoms with Crippen LogP contribution in [0.25, 0.3) is 0 Å². The lowest BCUT2D eigenvalue weighted by Crippen LogP contribution is -2.42. The van der Waals surface area contributed by atoms with Gasteiger partial charge < -0.3 is 16.3 Å². The van der Waals surface area contributed by atoms with Gasteiger partial charge in [0.1, 0.15) is 5.84 Å². The zero-order valence-electron chi connectivity index (χ0n) is 10.6. The van der Waals surface area contributed by atoms with Gasteiger partial charge in [-0.05, 0) is 31.1 Å². The van der Waals surface area contributed by atoms with E-state index in [0.717, 1.165) is 18.3 Å². The Morgan fingerprint density at radius 3 is 2.62 bits per heavy atom. The molecule has 0 aliphatic heterocycles. The Morgan fingerprint density at radius 1 is 1.50 bits per heavy atom. The van der Waals surface area contributed by atoms with Gasteiger partial charge in [0.15, 0.2) is 0 Å². The van der Waals surface area contributed by atoms with Crippen molar-refractivity contribution in [1.29, 1.82) is 0 Å². The van der Waals surface area contributed by atoms with Crippen molar-refractivity contribution in [3.8, 4) is 0 Å². The van der Waals surface area contributed by atoms with Crippen LogP contribution in [-0.2, 0) is 0 Å². The van der Waals surface area contributed by atoms with E-state index in [2.05, 4.69) is 31.2 Å². The van der Waals surface area contributed by atoms with Crippen molar-refractivity contribution in [3.05, 3.63) is 0 Å². The Balaban J connectivity index is 2.44. The lowest BCUT2D eigenvalue weighted by molar-refractivity contribution is 0.310. The molecule has 0 aromatic carbocycles. The second-order valence-corrected chi connectivity index (χ2v) is 5.09. The molecule has 4 heteroatoms. The van der Waals surface area contributed by atoms with Crippen molar-refractivity contribution in [2.45, 2.75) is 58.5 Å². The van der Waals surface area contributed by atoms with Gasteiger partial charge in [-0.2, -0.15) is 0 Å². The molecule has 4 unspecified atom stereocenters. The van der Waals surface area contributed by atoms with E-state index in [1.807, 2.05) is 0 Å². The number of nitrogens with two attached hydrogens (primary N) is 1. The summed E-state index contributed by atoms with van der Waals surface area (Å²) in [5.74, 6) is 1.85. The van der Waals surface area contributed by atoms with E-state index >= 15 is 0 Å². The molecule has 1 aliphatic carbocycles. The summed E-state index contributed by atoms with van der Waals surface area (Å²) < 4.78 is 0. The summed E-state index contributed by atoms with van der Waals surface area (Å²) in [6.45, 7) is 6.76. The summed E-state index contributed by atoms with van der Waals surface area (Å²) in [6, 6.07) is 0.917. The first-order chi connectivity index (χ1) is 7.58. The highest BCUT2D eigenvalue weighted by Crippen LogP contribution is 2.31. The first-order valence-corrected chi connectivity index (χ1v) is 6.30. The summed E-state index contributed by atoms with van der Waals surface area (Å²) >= 11 is 0. The molecule has 0 aromatic heterocycles. The van der Waals surface area contributed by atoms with Crippen LogP contribution in [0, 0.1) is 11.8 Å². The monoisotopic (exact) mass is 227 g/mol. The van der Waals surface area contributed by atoms with Crippen molar-refractivity contribution in [2.24, 2.45) is 22.7 Å². The van der Waals surface area contributed by atoms with Gasteiger partial charge in [0.25, 0.3) is 0 Å². The standard InChI is InChI=1S/C12H25N3O/c1-4-10(7-12(13)15-16)14-11-6-5-8(2)9(11)3/h8-11,14,16H,4-7H2,1-3H3,(H2,13,15). The Bertz CT molecular complexity index is 242. The second-order valence-electron chi connectivity index (χ2n) is 5.09. The third-order valence-corrected chi connectivity index (χ3v) is 3.99. The van der Waals surface area contributed by atoms with Gasteiger partial charge >= 0.3 is 0 Å². The van der Waals surface area contributed by atoms with Gasteiger partial charge in [-0.1, -0.05) is 25.9 Å². The zero-order valence-corrected chi connectivity index (χ0v) is 10.6. The summed E-state index contributed by atoms with van der Waals surface area (Å²) in [7, 11) is 0. The van der Waals surface area contributed by atoms with Crippen molar-refractivity contribution < 1.29 is 5.21 Å². The molecule has 1 rings (SSSR count). The molecule has 0 heterocycles. The van der Waals surface area contributed by atoms with Crippen molar-refractivity contribution in [2.75, 3.05) is 0 Å². The van der Waals surface area contributed by atoms with E-state index in [-0.39, 0.29) is 0 Å². The minimum Gasteiger partial charge on any atom is -0.409 e. The Labute approximate surface area is 98.3 Å². The summed E-state index contributed by atoms with van der Waals surface area (Å²) in [4.78, 5) is 0. The van der Waals surface area contributed by atoms with E-state index < -0.39 is 0 Å². The van der Waals surface area contributed by atoms with Gasteiger partial charge in [-0.25, -0.2) is 0 Å². The fourth-order valence-electron chi connectivity index (χ4n) is 2.52. The quantitative estimate of drug-likeness (QED) is 0.291. The summed E-state index contributed by atoms with van der Waals surface area (Å²) in [6.07, 6.45) is 4.19. The molecule has 1 aliphatic rings. The molecule has 4 nitrogen and oxygen atoms in total. The second kappa shape index (κ2) is 6.09. The van der Waals surface area contributed by atoms with E-state index in [1.165, 1.54) is 12.8 Å². The first-order valence-electron chi connectivity index (χ1n) is 6.30. The molecule has 1 fully saturated rings. The van der Waals surface area contributed by atoms with Crippen LogP contribution in [0.2, 0.25) is 0 Å². The molecule has 16 heavy (non-hydrogen) atoms. The molecular weight excluding hydrogens is 202 g/mol. The lowest BCUT2D eigenvalue weighted by atomic mass is 9.96. The minimum atomic E-state index is 0.318. The van der Waals surface area contributed by atoms with Gasteiger partial charge in [0.2, 0.25) is 0 Å². The average molecular weight is 227 g/mol. The molecule has 0 spiro atoms. The van der Waals surface area contributed by atoms with Gasteiger partial charge in [-0.15, -0.1) is 0 Å². The lowest BCUT2D eigenvalue weighted by Gasteiger charge is -2.25. The Kier molecular flexibility index (Phi) is 5.06. The molecule has 4 atom stereocenters. The van der Waals surface area contributed by atoms with Gasteiger partial charge in [0, 0.05) is 18.5 Å². The van der Waals surface area contributed by atoms with Crippen molar-refractivity contribution >= 4 is 5.84 Å². The van der Waals surface area contributed by atoms with Crippen molar-refractivity contribution in [1.82, 2.24) is 5.32 Å². The summed E-state index contributed by atoms with van der Waals surface area (Å²) in [5.41, 5.74) is 5.55. The van der Waals surface area contributed by atoms with E-state index in [0.29, 0.717) is 24.3 Å². The third kappa shape index (κ3) is 3.37. The first kappa shape index (κ1) is 13.3. The number of hydrogen-bond donors (Lipinski definition) is 3. The van der Waals surface area contributed by atoms with Crippen molar-refractivity contribution in [3.63, 3.8) is 0 Å². The SMILES string of the molecule is CCC(CC(N)=NO)NC1CCC(C)C1C. The number of rotatable bonds is 5. The van der Waals surface area contributed by atoms with Gasteiger partial charge in [-0.3, -0.25) is 0 Å². The van der Waals surface area contributed by atoms with Crippen LogP contribution < -0.4 is 11.1 Å². The number of amidine groups is 1. The predicted octanol–water partition coefficient (Wildman–Crippen LogP) is 1.93.